The molecule has 1 aromatic heterocycles. The van der Waals surface area contributed by atoms with Crippen molar-refractivity contribution in [3.63, 3.8) is 0 Å². The number of hydrogen-bond acceptors (Lipinski definition) is 5. The fourth-order valence-electron chi connectivity index (χ4n) is 4.41. The lowest BCUT2D eigenvalue weighted by Crippen LogP contribution is -2.51. The summed E-state index contributed by atoms with van der Waals surface area (Å²) in [7, 11) is -2.04. The molecule has 1 fully saturated rings. The Morgan fingerprint density at radius 2 is 1.91 bits per heavy atom. The van der Waals surface area contributed by atoms with Gasteiger partial charge in [0.2, 0.25) is 10.0 Å². The van der Waals surface area contributed by atoms with Gasteiger partial charge in [-0.15, -0.1) is 0 Å². The van der Waals surface area contributed by atoms with Crippen molar-refractivity contribution in [2.45, 2.75) is 69.6 Å². The van der Waals surface area contributed by atoms with E-state index in [1.807, 2.05) is 19.1 Å². The van der Waals surface area contributed by atoms with E-state index < -0.39 is 32.6 Å². The molecule has 1 aliphatic heterocycles. The van der Waals surface area contributed by atoms with Crippen LogP contribution in [0.5, 0.6) is 0 Å². The molecule has 2 amide bonds. The number of nitrogens with one attached hydrogen (secondary N) is 2. The third-order valence-corrected chi connectivity index (χ3v) is 8.38. The Morgan fingerprint density at radius 3 is 2.50 bits per heavy atom. The Kier molecular flexibility index (Phi) is 6.66. The molecule has 0 saturated heterocycles. The highest BCUT2D eigenvalue weighted by Gasteiger charge is 2.43. The summed E-state index contributed by atoms with van der Waals surface area (Å²) in [6.45, 7) is 4.09. The minimum Gasteiger partial charge on any atom is -0.342 e. The quantitative estimate of drug-likeness (QED) is 0.420. The van der Waals surface area contributed by atoms with Crippen molar-refractivity contribution in [2.75, 3.05) is 0 Å². The van der Waals surface area contributed by atoms with E-state index in [0.717, 1.165) is 18.4 Å². The van der Waals surface area contributed by atoms with Crippen molar-refractivity contribution >= 4 is 27.4 Å². The highest BCUT2D eigenvalue weighted by molar-refractivity contribution is 7.91. The van der Waals surface area contributed by atoms with Gasteiger partial charge in [-0.3, -0.25) is 14.3 Å². The van der Waals surface area contributed by atoms with Gasteiger partial charge >= 0.3 is 0 Å². The normalized spacial score (nSPS) is 20.9. The van der Waals surface area contributed by atoms with Crippen molar-refractivity contribution < 1.29 is 18.0 Å². The molecule has 0 spiro atoms. The maximum Gasteiger partial charge on any atom is 0.270 e. The Balaban J connectivity index is 1.66. The molecule has 1 aliphatic carbocycles. The van der Waals surface area contributed by atoms with Crippen LogP contribution < -0.4 is 10.0 Å². The van der Waals surface area contributed by atoms with E-state index >= 15 is 0 Å². The van der Waals surface area contributed by atoms with Crippen molar-refractivity contribution in [1.29, 1.82) is 0 Å². The van der Waals surface area contributed by atoms with E-state index in [1.54, 1.807) is 24.0 Å². The van der Waals surface area contributed by atoms with Gasteiger partial charge in [0.05, 0.1) is 16.5 Å². The average molecular weight is 485 g/mol. The van der Waals surface area contributed by atoms with E-state index in [0.29, 0.717) is 30.5 Å². The second kappa shape index (κ2) is 9.37. The average Bonchev–Trinajstić information content (AvgIpc) is 3.55. The van der Waals surface area contributed by atoms with Crippen LogP contribution >= 0.6 is 0 Å². The van der Waals surface area contributed by atoms with Crippen molar-refractivity contribution in [3.8, 4) is 0 Å². The lowest BCUT2D eigenvalue weighted by molar-refractivity contribution is -0.124. The number of nitrogens with zero attached hydrogens (tertiary/aromatic N) is 2. The fourth-order valence-corrected chi connectivity index (χ4v) is 5.69. The third-order valence-electron chi connectivity index (χ3n) is 6.56. The topological polar surface area (TPSA) is 110 Å². The predicted octanol–water partition coefficient (Wildman–Crippen LogP) is 2.95. The number of aryl methyl sites for hydroxylation is 2. The predicted molar refractivity (Wildman–Crippen MR) is 130 cm³/mol. The number of hydrogen-bond donors (Lipinski definition) is 2. The number of amides is 2. The zero-order chi connectivity index (χ0) is 24.5. The van der Waals surface area contributed by atoms with Gasteiger partial charge in [-0.25, -0.2) is 13.1 Å². The number of aromatic nitrogens is 2. The van der Waals surface area contributed by atoms with Crippen LogP contribution in [0, 0.1) is 0 Å². The first kappa shape index (κ1) is 24.2. The molecule has 2 N–H and O–H groups in total. The number of unbranched alkanes of at least 4 members (excludes halogenated alkanes) is 2. The molecule has 2 heterocycles. The lowest BCUT2D eigenvalue weighted by Gasteiger charge is -2.37. The van der Waals surface area contributed by atoms with E-state index in [-0.39, 0.29) is 5.57 Å². The van der Waals surface area contributed by atoms with Gasteiger partial charge in [-0.1, -0.05) is 44.0 Å². The molecule has 0 unspecified atom stereocenters. The minimum atomic E-state index is -3.79. The summed E-state index contributed by atoms with van der Waals surface area (Å²) in [6.07, 6.45) is 7.58. The van der Waals surface area contributed by atoms with Crippen LogP contribution in [0.15, 0.2) is 42.1 Å². The Labute approximate surface area is 200 Å². The van der Waals surface area contributed by atoms with Gasteiger partial charge < -0.3 is 5.32 Å². The Morgan fingerprint density at radius 1 is 1.21 bits per heavy atom. The van der Waals surface area contributed by atoms with Crippen LogP contribution in [0.3, 0.4) is 0 Å². The standard InChI is InChI=1S/C25H32N4O4S/c1-4-5-6-7-17-8-10-18(11-9-17)25(2)16-20(21-14-15-29(3)27-21)22(23(30)26-25)24(31)28-34(32,33)19-12-13-19/h8-11,14-15,19H,4-7,12-13,16H2,1-3H3,(H,26,30)(H,28,31)/t25-/m0/s1. The van der Waals surface area contributed by atoms with Crippen LogP contribution in [-0.4, -0.2) is 35.3 Å². The van der Waals surface area contributed by atoms with Crippen molar-refractivity contribution in [2.24, 2.45) is 7.05 Å². The summed E-state index contributed by atoms with van der Waals surface area (Å²) in [5.41, 5.74) is 2.10. The van der Waals surface area contributed by atoms with Crippen LogP contribution in [0.25, 0.3) is 5.57 Å². The first-order valence-electron chi connectivity index (χ1n) is 11.8. The molecule has 2 aromatic rings. The molecule has 0 bridgehead atoms. The Bertz CT molecular complexity index is 1230. The molecule has 9 heteroatoms. The molecular formula is C25H32N4O4S. The molecule has 1 aromatic carbocycles. The molecule has 2 aliphatic rings. The summed E-state index contributed by atoms with van der Waals surface area (Å²) in [5.74, 6) is -1.51. The minimum absolute atomic E-state index is 0.198. The van der Waals surface area contributed by atoms with Gasteiger partial charge in [0.15, 0.2) is 0 Å². The number of benzene rings is 1. The molecule has 182 valence electrons. The second-order valence-electron chi connectivity index (χ2n) is 9.52. The van der Waals surface area contributed by atoms with E-state index in [1.165, 1.54) is 18.4 Å². The van der Waals surface area contributed by atoms with E-state index in [4.69, 9.17) is 0 Å². The number of carbonyl (C=O) groups is 2. The van der Waals surface area contributed by atoms with Gasteiger partial charge in [-0.05, 0) is 49.8 Å². The van der Waals surface area contributed by atoms with Crippen molar-refractivity contribution in [3.05, 3.63) is 58.9 Å². The molecular weight excluding hydrogens is 452 g/mol. The summed E-state index contributed by atoms with van der Waals surface area (Å²) >= 11 is 0. The van der Waals surface area contributed by atoms with Crippen LogP contribution in [0.4, 0.5) is 0 Å². The van der Waals surface area contributed by atoms with Crippen LogP contribution in [-0.2, 0) is 38.6 Å². The van der Waals surface area contributed by atoms with Gasteiger partial charge in [0.25, 0.3) is 11.8 Å². The zero-order valence-electron chi connectivity index (χ0n) is 19.9. The first-order valence-corrected chi connectivity index (χ1v) is 13.4. The third kappa shape index (κ3) is 5.09. The zero-order valence-corrected chi connectivity index (χ0v) is 20.7. The van der Waals surface area contributed by atoms with Gasteiger partial charge in [0, 0.05) is 25.2 Å². The molecule has 34 heavy (non-hydrogen) atoms. The molecule has 1 saturated carbocycles. The largest absolute Gasteiger partial charge is 0.342 e. The molecule has 8 nitrogen and oxygen atoms in total. The van der Waals surface area contributed by atoms with Crippen molar-refractivity contribution in [1.82, 2.24) is 19.8 Å². The molecule has 1 atom stereocenters. The highest BCUT2D eigenvalue weighted by atomic mass is 32.2. The Hall–Kier alpha value is -2.94. The first-order chi connectivity index (χ1) is 16.1. The number of rotatable bonds is 9. The summed E-state index contributed by atoms with van der Waals surface area (Å²) < 4.78 is 28.4. The van der Waals surface area contributed by atoms with E-state index in [9.17, 15) is 18.0 Å². The SMILES string of the molecule is CCCCCc1ccc([C@]2(C)CC(c3ccn(C)n3)=C(C(=O)NS(=O)(=O)C3CC3)C(=O)N2)cc1. The maximum atomic E-state index is 13.3. The van der Waals surface area contributed by atoms with Gasteiger partial charge in [0.1, 0.15) is 5.57 Å². The summed E-state index contributed by atoms with van der Waals surface area (Å²) in [6, 6.07) is 9.92. The lowest BCUT2D eigenvalue weighted by atomic mass is 9.79. The smallest absolute Gasteiger partial charge is 0.270 e. The monoisotopic (exact) mass is 484 g/mol. The second-order valence-corrected chi connectivity index (χ2v) is 11.5. The van der Waals surface area contributed by atoms with Gasteiger partial charge in [-0.2, -0.15) is 5.10 Å². The molecule has 0 radical (unpaired) electrons. The van der Waals surface area contributed by atoms with Crippen LogP contribution in [0.1, 0.15) is 69.2 Å². The maximum absolute atomic E-state index is 13.3. The number of sulfonamides is 1. The highest BCUT2D eigenvalue weighted by Crippen LogP contribution is 2.38. The summed E-state index contributed by atoms with van der Waals surface area (Å²) in [4.78, 5) is 26.3. The summed E-state index contributed by atoms with van der Waals surface area (Å²) in [5, 5.41) is 6.81. The fraction of sp³-hybridized carbons (Fsp3) is 0.480. The molecule has 4 rings (SSSR count). The number of carbonyl (C=O) groups excluding carboxylic acids is 2. The van der Waals surface area contributed by atoms with E-state index in [2.05, 4.69) is 34.2 Å². The van der Waals surface area contributed by atoms with Crippen LogP contribution in [0.2, 0.25) is 0 Å².